The Kier molecular flexibility index (Phi) is 4.05. The number of pyridine rings is 3. The van der Waals surface area contributed by atoms with E-state index < -0.39 is 0 Å². The largest absolute Gasteiger partial charge is 0.264 e. The van der Waals surface area contributed by atoms with Crippen molar-refractivity contribution in [3.63, 3.8) is 0 Å². The lowest BCUT2D eigenvalue weighted by Gasteiger charge is -2.10. The molecule has 4 aromatic rings. The van der Waals surface area contributed by atoms with Gasteiger partial charge in [-0.25, -0.2) is 0 Å². The minimum atomic E-state index is 0.946. The SMILES string of the molecule is Cc1cncc(-c2cc(-c3ccccn3)cc(-c3ccccn3)c2)c1. The zero-order chi connectivity index (χ0) is 17.1. The van der Waals surface area contributed by atoms with Crippen LogP contribution in [0.1, 0.15) is 5.56 Å². The molecule has 3 heterocycles. The topological polar surface area (TPSA) is 38.7 Å². The molecule has 120 valence electrons. The van der Waals surface area contributed by atoms with Crippen molar-refractivity contribution < 1.29 is 0 Å². The fourth-order valence-electron chi connectivity index (χ4n) is 2.87. The van der Waals surface area contributed by atoms with Gasteiger partial charge in [0.1, 0.15) is 0 Å². The summed E-state index contributed by atoms with van der Waals surface area (Å²) in [6.45, 7) is 2.05. The summed E-state index contributed by atoms with van der Waals surface area (Å²) >= 11 is 0. The fourth-order valence-corrected chi connectivity index (χ4v) is 2.87. The molecule has 0 aliphatic rings. The molecule has 0 aliphatic carbocycles. The van der Waals surface area contributed by atoms with E-state index in [1.165, 1.54) is 0 Å². The number of hydrogen-bond donors (Lipinski definition) is 0. The van der Waals surface area contributed by atoms with Crippen LogP contribution in [0.25, 0.3) is 33.6 Å². The Morgan fingerprint density at radius 1 is 0.600 bits per heavy atom. The molecule has 4 rings (SSSR count). The van der Waals surface area contributed by atoms with Crippen LogP contribution in [0.15, 0.2) is 85.5 Å². The molecule has 0 N–H and O–H groups in total. The van der Waals surface area contributed by atoms with Crippen LogP contribution < -0.4 is 0 Å². The van der Waals surface area contributed by atoms with Crippen LogP contribution in [0.5, 0.6) is 0 Å². The first-order valence-electron chi connectivity index (χ1n) is 8.19. The highest BCUT2D eigenvalue weighted by Gasteiger charge is 2.09. The van der Waals surface area contributed by atoms with Crippen molar-refractivity contribution in [1.82, 2.24) is 15.0 Å². The average Bonchev–Trinajstić information content (AvgIpc) is 2.69. The van der Waals surface area contributed by atoms with Gasteiger partial charge in [-0.15, -0.1) is 0 Å². The van der Waals surface area contributed by atoms with Crippen LogP contribution in [-0.2, 0) is 0 Å². The van der Waals surface area contributed by atoms with Crippen molar-refractivity contribution >= 4 is 0 Å². The monoisotopic (exact) mass is 323 g/mol. The minimum Gasteiger partial charge on any atom is -0.264 e. The van der Waals surface area contributed by atoms with Gasteiger partial charge < -0.3 is 0 Å². The van der Waals surface area contributed by atoms with Crippen LogP contribution in [0, 0.1) is 6.92 Å². The Bertz CT molecular complexity index is 938. The van der Waals surface area contributed by atoms with E-state index in [0.717, 1.165) is 39.2 Å². The van der Waals surface area contributed by atoms with Crippen LogP contribution >= 0.6 is 0 Å². The van der Waals surface area contributed by atoms with Crippen molar-refractivity contribution in [3.8, 4) is 33.6 Å². The Hall–Kier alpha value is -3.33. The summed E-state index contributed by atoms with van der Waals surface area (Å²) in [6.07, 6.45) is 7.39. The molecule has 0 aliphatic heterocycles. The Morgan fingerprint density at radius 2 is 1.20 bits per heavy atom. The molecule has 1 aromatic carbocycles. The van der Waals surface area contributed by atoms with E-state index in [0.29, 0.717) is 0 Å². The third-order valence-electron chi connectivity index (χ3n) is 4.06. The molecular formula is C22H17N3. The Balaban J connectivity index is 1.92. The number of hydrogen-bond acceptors (Lipinski definition) is 3. The molecule has 3 heteroatoms. The number of benzene rings is 1. The summed E-state index contributed by atoms with van der Waals surface area (Å²) in [5.74, 6) is 0. The van der Waals surface area contributed by atoms with E-state index in [9.17, 15) is 0 Å². The van der Waals surface area contributed by atoms with E-state index >= 15 is 0 Å². The van der Waals surface area contributed by atoms with Crippen molar-refractivity contribution in [2.24, 2.45) is 0 Å². The van der Waals surface area contributed by atoms with E-state index in [1.54, 1.807) is 0 Å². The zero-order valence-corrected chi connectivity index (χ0v) is 13.9. The lowest BCUT2D eigenvalue weighted by atomic mass is 9.97. The molecule has 25 heavy (non-hydrogen) atoms. The smallest absolute Gasteiger partial charge is 0.0702 e. The van der Waals surface area contributed by atoms with Crippen molar-refractivity contribution in [2.45, 2.75) is 6.92 Å². The highest BCUT2D eigenvalue weighted by Crippen LogP contribution is 2.31. The molecule has 0 bridgehead atoms. The van der Waals surface area contributed by atoms with Crippen molar-refractivity contribution in [3.05, 3.63) is 91.0 Å². The van der Waals surface area contributed by atoms with Crippen molar-refractivity contribution in [1.29, 1.82) is 0 Å². The molecule has 0 saturated heterocycles. The lowest BCUT2D eigenvalue weighted by molar-refractivity contribution is 1.27. The summed E-state index contributed by atoms with van der Waals surface area (Å²) in [7, 11) is 0. The lowest BCUT2D eigenvalue weighted by Crippen LogP contribution is -1.90. The van der Waals surface area contributed by atoms with Gasteiger partial charge in [0.2, 0.25) is 0 Å². The quantitative estimate of drug-likeness (QED) is 0.521. The minimum absolute atomic E-state index is 0.946. The van der Waals surface area contributed by atoms with Gasteiger partial charge in [0, 0.05) is 41.5 Å². The second-order valence-corrected chi connectivity index (χ2v) is 5.98. The van der Waals surface area contributed by atoms with E-state index in [4.69, 9.17) is 0 Å². The maximum atomic E-state index is 4.50. The maximum Gasteiger partial charge on any atom is 0.0702 e. The first-order valence-corrected chi connectivity index (χ1v) is 8.19. The number of aryl methyl sites for hydroxylation is 1. The summed E-state index contributed by atoms with van der Waals surface area (Å²) in [5.41, 5.74) is 7.37. The van der Waals surface area contributed by atoms with E-state index in [-0.39, 0.29) is 0 Å². The van der Waals surface area contributed by atoms with Crippen LogP contribution in [0.4, 0.5) is 0 Å². The van der Waals surface area contributed by atoms with Crippen LogP contribution in [0.3, 0.4) is 0 Å². The molecule has 0 saturated carbocycles. The van der Waals surface area contributed by atoms with Gasteiger partial charge in [0.25, 0.3) is 0 Å². The first-order chi connectivity index (χ1) is 12.3. The van der Waals surface area contributed by atoms with Crippen molar-refractivity contribution in [2.75, 3.05) is 0 Å². The Labute approximate surface area is 147 Å². The molecule has 0 amide bonds. The third-order valence-corrected chi connectivity index (χ3v) is 4.06. The standard InChI is InChI=1S/C22H17N3/c1-16-10-20(15-23-14-16)17-11-18(21-6-2-4-8-24-21)13-19(12-17)22-7-3-5-9-25-22/h2-15H,1H3. The summed E-state index contributed by atoms with van der Waals surface area (Å²) < 4.78 is 0. The predicted octanol–water partition coefficient (Wildman–Crippen LogP) is 5.18. The first kappa shape index (κ1) is 15.2. The zero-order valence-electron chi connectivity index (χ0n) is 13.9. The van der Waals surface area contributed by atoms with Gasteiger partial charge in [-0.05, 0) is 66.6 Å². The molecular weight excluding hydrogens is 306 g/mol. The van der Waals surface area contributed by atoms with Crippen LogP contribution in [0.2, 0.25) is 0 Å². The fraction of sp³-hybridized carbons (Fsp3) is 0.0455. The summed E-state index contributed by atoms with van der Waals surface area (Å²) in [5, 5.41) is 0. The molecule has 0 fully saturated rings. The highest BCUT2D eigenvalue weighted by molar-refractivity contribution is 5.79. The molecule has 0 unspecified atom stereocenters. The molecule has 0 radical (unpaired) electrons. The summed E-state index contributed by atoms with van der Waals surface area (Å²) in [6, 6.07) is 20.5. The highest BCUT2D eigenvalue weighted by atomic mass is 14.7. The second-order valence-electron chi connectivity index (χ2n) is 5.98. The third kappa shape index (κ3) is 3.31. The maximum absolute atomic E-state index is 4.50. The van der Waals surface area contributed by atoms with E-state index in [1.807, 2.05) is 61.2 Å². The molecule has 3 nitrogen and oxygen atoms in total. The van der Waals surface area contributed by atoms with Gasteiger partial charge in [-0.3, -0.25) is 15.0 Å². The van der Waals surface area contributed by atoms with Gasteiger partial charge in [0.05, 0.1) is 11.4 Å². The average molecular weight is 323 g/mol. The number of aromatic nitrogens is 3. The Morgan fingerprint density at radius 3 is 1.72 bits per heavy atom. The van der Waals surface area contributed by atoms with Gasteiger partial charge in [0.15, 0.2) is 0 Å². The molecule has 0 spiro atoms. The summed E-state index contributed by atoms with van der Waals surface area (Å²) in [4.78, 5) is 13.3. The predicted molar refractivity (Wildman–Crippen MR) is 101 cm³/mol. The molecule has 0 atom stereocenters. The second kappa shape index (κ2) is 6.65. The number of rotatable bonds is 3. The van der Waals surface area contributed by atoms with E-state index in [2.05, 4.69) is 46.1 Å². The van der Waals surface area contributed by atoms with Gasteiger partial charge >= 0.3 is 0 Å². The molecule has 3 aromatic heterocycles. The van der Waals surface area contributed by atoms with Gasteiger partial charge in [-0.1, -0.05) is 12.1 Å². The number of nitrogens with zero attached hydrogens (tertiary/aromatic N) is 3. The van der Waals surface area contributed by atoms with Crippen LogP contribution in [-0.4, -0.2) is 15.0 Å². The van der Waals surface area contributed by atoms with Gasteiger partial charge in [-0.2, -0.15) is 0 Å². The normalized spacial score (nSPS) is 10.6.